The first-order valence-electron chi connectivity index (χ1n) is 12.3. The summed E-state index contributed by atoms with van der Waals surface area (Å²) in [7, 11) is 0. The molecule has 180 valence electrons. The Hall–Kier alpha value is -4.06. The highest BCUT2D eigenvalue weighted by atomic mass is 19.1. The predicted molar refractivity (Wildman–Crippen MR) is 142 cm³/mol. The number of benzene rings is 2. The number of pyridine rings is 2. The molecule has 4 heterocycles. The summed E-state index contributed by atoms with van der Waals surface area (Å²) >= 11 is 0. The molecular formula is C30H27FN4O. The van der Waals surface area contributed by atoms with Crippen LogP contribution < -0.4 is 0 Å². The van der Waals surface area contributed by atoms with Gasteiger partial charge in [-0.25, -0.2) is 14.4 Å². The van der Waals surface area contributed by atoms with Gasteiger partial charge in [0.25, 0.3) is 0 Å². The van der Waals surface area contributed by atoms with Crippen LogP contribution in [0.1, 0.15) is 56.4 Å². The van der Waals surface area contributed by atoms with E-state index in [2.05, 4.69) is 60.4 Å². The number of aryl methyl sites for hydroxylation is 1. The van der Waals surface area contributed by atoms with E-state index in [1.807, 2.05) is 25.3 Å². The van der Waals surface area contributed by atoms with Crippen molar-refractivity contribution in [2.24, 2.45) is 0 Å². The van der Waals surface area contributed by atoms with Gasteiger partial charge >= 0.3 is 0 Å². The van der Waals surface area contributed by atoms with E-state index < -0.39 is 0 Å². The summed E-state index contributed by atoms with van der Waals surface area (Å²) < 4.78 is 21.9. The summed E-state index contributed by atoms with van der Waals surface area (Å²) in [5, 5.41) is 1.66. The first-order chi connectivity index (χ1) is 17.3. The van der Waals surface area contributed by atoms with Crippen LogP contribution in [0.3, 0.4) is 0 Å². The lowest BCUT2D eigenvalue weighted by Crippen LogP contribution is -2.08. The molecule has 0 unspecified atom stereocenters. The summed E-state index contributed by atoms with van der Waals surface area (Å²) in [6.07, 6.45) is 3.69. The molecule has 0 bridgehead atoms. The van der Waals surface area contributed by atoms with Gasteiger partial charge in [-0.2, -0.15) is 0 Å². The van der Waals surface area contributed by atoms with Gasteiger partial charge in [0.1, 0.15) is 17.2 Å². The van der Waals surface area contributed by atoms with Crippen LogP contribution in [0.5, 0.6) is 0 Å². The van der Waals surface area contributed by atoms with Crippen molar-refractivity contribution in [3.8, 4) is 17.1 Å². The molecule has 0 saturated heterocycles. The third kappa shape index (κ3) is 3.48. The highest BCUT2D eigenvalue weighted by Gasteiger charge is 2.23. The van der Waals surface area contributed by atoms with Crippen molar-refractivity contribution >= 4 is 33.1 Å². The highest BCUT2D eigenvalue weighted by Crippen LogP contribution is 2.38. The van der Waals surface area contributed by atoms with Gasteiger partial charge in [0.05, 0.1) is 22.9 Å². The maximum Gasteiger partial charge on any atom is 0.227 e. The first kappa shape index (κ1) is 22.4. The van der Waals surface area contributed by atoms with E-state index in [4.69, 9.17) is 9.40 Å². The fourth-order valence-electron chi connectivity index (χ4n) is 5.02. The summed E-state index contributed by atoms with van der Waals surface area (Å²) in [6, 6.07) is 15.2. The Kier molecular flexibility index (Phi) is 5.14. The Morgan fingerprint density at radius 3 is 2.33 bits per heavy atom. The van der Waals surface area contributed by atoms with Crippen LogP contribution in [0, 0.1) is 12.7 Å². The normalized spacial score (nSPS) is 12.1. The third-order valence-corrected chi connectivity index (χ3v) is 6.79. The van der Waals surface area contributed by atoms with Crippen LogP contribution in [0.4, 0.5) is 4.39 Å². The molecule has 0 aliphatic carbocycles. The zero-order valence-electron chi connectivity index (χ0n) is 21.0. The average molecular weight is 479 g/mol. The van der Waals surface area contributed by atoms with Crippen LogP contribution in [0.2, 0.25) is 0 Å². The molecule has 0 radical (unpaired) electrons. The van der Waals surface area contributed by atoms with E-state index in [9.17, 15) is 4.39 Å². The number of rotatable bonds is 4. The average Bonchev–Trinajstić information content (AvgIpc) is 3.40. The van der Waals surface area contributed by atoms with E-state index in [-0.39, 0.29) is 5.82 Å². The fourth-order valence-corrected chi connectivity index (χ4v) is 5.02. The lowest BCUT2D eigenvalue weighted by atomic mass is 9.92. The SMILES string of the molecule is Cc1cc2nc(-c3cnc4oc5cc(F)ccc5c4c3)n(-c3c(C(C)C)cccc3C(C)C)c2cn1. The largest absolute Gasteiger partial charge is 0.438 e. The van der Waals surface area contributed by atoms with Crippen molar-refractivity contribution in [3.05, 3.63) is 83.6 Å². The molecule has 5 nitrogen and oxygen atoms in total. The molecule has 6 rings (SSSR count). The number of imidazole rings is 1. The number of fused-ring (bicyclic) bond motifs is 4. The number of nitrogens with zero attached hydrogens (tertiary/aromatic N) is 4. The minimum absolute atomic E-state index is 0.315. The van der Waals surface area contributed by atoms with E-state index in [1.54, 1.807) is 12.3 Å². The number of aromatic nitrogens is 4. The van der Waals surface area contributed by atoms with Crippen LogP contribution in [-0.2, 0) is 0 Å². The van der Waals surface area contributed by atoms with Crippen LogP contribution in [-0.4, -0.2) is 19.5 Å². The van der Waals surface area contributed by atoms with E-state index in [0.717, 1.165) is 44.6 Å². The van der Waals surface area contributed by atoms with E-state index >= 15 is 0 Å². The van der Waals surface area contributed by atoms with Crippen molar-refractivity contribution in [3.63, 3.8) is 0 Å². The first-order valence-corrected chi connectivity index (χ1v) is 12.3. The third-order valence-electron chi connectivity index (χ3n) is 6.79. The van der Waals surface area contributed by atoms with E-state index in [0.29, 0.717) is 23.1 Å². The molecule has 0 aliphatic heterocycles. The van der Waals surface area contributed by atoms with Gasteiger partial charge in [-0.3, -0.25) is 9.55 Å². The van der Waals surface area contributed by atoms with Gasteiger partial charge in [-0.05, 0) is 54.2 Å². The maximum atomic E-state index is 13.8. The van der Waals surface area contributed by atoms with Crippen molar-refractivity contribution in [2.45, 2.75) is 46.5 Å². The highest BCUT2D eigenvalue weighted by molar-refractivity contribution is 6.04. The Morgan fingerprint density at radius 2 is 1.61 bits per heavy atom. The summed E-state index contributed by atoms with van der Waals surface area (Å²) in [6.45, 7) is 10.8. The maximum absolute atomic E-state index is 13.8. The fraction of sp³-hybridized carbons (Fsp3) is 0.233. The Labute approximate surface area is 208 Å². The van der Waals surface area contributed by atoms with Gasteiger partial charge in [0.2, 0.25) is 5.71 Å². The Morgan fingerprint density at radius 1 is 0.861 bits per heavy atom. The molecule has 0 spiro atoms. The molecule has 0 amide bonds. The van der Waals surface area contributed by atoms with Crippen LogP contribution in [0.25, 0.3) is 50.2 Å². The summed E-state index contributed by atoms with van der Waals surface area (Å²) in [5.74, 6) is 1.09. The van der Waals surface area contributed by atoms with Gasteiger partial charge < -0.3 is 4.42 Å². The van der Waals surface area contributed by atoms with Gasteiger partial charge in [-0.15, -0.1) is 0 Å². The van der Waals surface area contributed by atoms with Gasteiger partial charge in [0.15, 0.2) is 0 Å². The molecule has 2 aromatic carbocycles. The molecule has 0 N–H and O–H groups in total. The second-order valence-corrected chi connectivity index (χ2v) is 10.00. The molecule has 6 heteroatoms. The zero-order valence-corrected chi connectivity index (χ0v) is 21.0. The minimum Gasteiger partial charge on any atom is -0.438 e. The monoisotopic (exact) mass is 478 g/mol. The quantitative estimate of drug-likeness (QED) is 0.257. The molecule has 0 aliphatic rings. The molecule has 0 saturated carbocycles. The van der Waals surface area contributed by atoms with Gasteiger partial charge in [0, 0.05) is 34.3 Å². The Bertz CT molecular complexity index is 1750. The number of hydrogen-bond acceptors (Lipinski definition) is 4. The topological polar surface area (TPSA) is 56.7 Å². The predicted octanol–water partition coefficient (Wildman–Crippen LogP) is 8.08. The number of para-hydroxylation sites is 1. The van der Waals surface area contributed by atoms with Gasteiger partial charge in [-0.1, -0.05) is 45.9 Å². The van der Waals surface area contributed by atoms with Crippen molar-refractivity contribution < 1.29 is 8.81 Å². The van der Waals surface area contributed by atoms with Crippen molar-refractivity contribution in [2.75, 3.05) is 0 Å². The molecular weight excluding hydrogens is 451 g/mol. The molecule has 6 aromatic rings. The smallest absolute Gasteiger partial charge is 0.227 e. The number of hydrogen-bond donors (Lipinski definition) is 0. The lowest BCUT2D eigenvalue weighted by molar-refractivity contribution is 0.615. The lowest BCUT2D eigenvalue weighted by Gasteiger charge is -2.22. The molecule has 36 heavy (non-hydrogen) atoms. The molecule has 0 atom stereocenters. The van der Waals surface area contributed by atoms with E-state index in [1.165, 1.54) is 23.3 Å². The van der Waals surface area contributed by atoms with Crippen molar-refractivity contribution in [1.29, 1.82) is 0 Å². The standard InChI is InChI=1S/C30H27FN4O/c1-16(2)21-7-6-8-22(17(3)4)28(21)35-26-15-32-18(5)11-25(26)34-29(35)19-12-24-23-10-9-20(31)13-27(23)36-30(24)33-14-19/h6-17H,1-5H3. The zero-order chi connectivity index (χ0) is 25.1. The summed E-state index contributed by atoms with van der Waals surface area (Å²) in [5.41, 5.74) is 8.20. The van der Waals surface area contributed by atoms with Crippen molar-refractivity contribution in [1.82, 2.24) is 19.5 Å². The summed E-state index contributed by atoms with van der Waals surface area (Å²) in [4.78, 5) is 14.3. The Balaban J connectivity index is 1.71. The second kappa shape index (κ2) is 8.26. The van der Waals surface area contributed by atoms with Crippen LogP contribution >= 0.6 is 0 Å². The second-order valence-electron chi connectivity index (χ2n) is 10.00. The molecule has 0 fully saturated rings. The number of furan rings is 1. The minimum atomic E-state index is -0.335. The van der Waals surface area contributed by atoms with Crippen LogP contribution in [0.15, 0.2) is 65.3 Å². The number of halogens is 1. The molecule has 4 aromatic heterocycles.